The summed E-state index contributed by atoms with van der Waals surface area (Å²) >= 11 is 12.2. The number of anilines is 1. The molecular weight excluding hydrogens is 283 g/mol. The summed E-state index contributed by atoms with van der Waals surface area (Å²) in [6.07, 6.45) is 1.70. The molecular formula is C13H14Cl2N4. The summed E-state index contributed by atoms with van der Waals surface area (Å²) in [5.74, 6) is 0.610. The number of halogens is 2. The monoisotopic (exact) mass is 296 g/mol. The Kier molecular flexibility index (Phi) is 4.58. The Morgan fingerprint density at radius 3 is 2.79 bits per heavy atom. The third-order valence-electron chi connectivity index (χ3n) is 2.65. The summed E-state index contributed by atoms with van der Waals surface area (Å²) < 4.78 is 0. The molecule has 19 heavy (non-hydrogen) atoms. The van der Waals surface area contributed by atoms with E-state index in [1.165, 1.54) is 0 Å². The van der Waals surface area contributed by atoms with E-state index in [2.05, 4.69) is 9.97 Å². The van der Waals surface area contributed by atoms with E-state index in [9.17, 15) is 0 Å². The molecule has 0 atom stereocenters. The maximum absolute atomic E-state index is 6.17. The summed E-state index contributed by atoms with van der Waals surface area (Å²) in [4.78, 5) is 10.6. The minimum Gasteiger partial charge on any atom is -0.343 e. The highest BCUT2D eigenvalue weighted by Crippen LogP contribution is 2.29. The lowest BCUT2D eigenvalue weighted by molar-refractivity contribution is 0.847. The van der Waals surface area contributed by atoms with Gasteiger partial charge in [-0.2, -0.15) is 0 Å². The number of hydrogen-bond acceptors (Lipinski definition) is 4. The highest BCUT2D eigenvalue weighted by Gasteiger charge is 2.09. The molecule has 0 radical (unpaired) electrons. The highest BCUT2D eigenvalue weighted by molar-refractivity contribution is 6.35. The maximum atomic E-state index is 6.17. The quantitative estimate of drug-likeness (QED) is 0.943. The molecule has 2 rings (SSSR count). The fourth-order valence-corrected chi connectivity index (χ4v) is 2.06. The van der Waals surface area contributed by atoms with Gasteiger partial charge in [-0.15, -0.1) is 0 Å². The average molecular weight is 297 g/mol. The molecule has 0 aliphatic rings. The molecule has 0 unspecified atom stereocenters. The summed E-state index contributed by atoms with van der Waals surface area (Å²) in [5, 5.41) is 1.23. The van der Waals surface area contributed by atoms with Crippen LogP contribution in [0.2, 0.25) is 10.0 Å². The van der Waals surface area contributed by atoms with Crippen LogP contribution in [-0.2, 0) is 0 Å². The van der Waals surface area contributed by atoms with Crippen LogP contribution >= 0.6 is 23.2 Å². The van der Waals surface area contributed by atoms with E-state index >= 15 is 0 Å². The lowest BCUT2D eigenvalue weighted by Crippen LogP contribution is -2.26. The van der Waals surface area contributed by atoms with E-state index in [1.807, 2.05) is 11.9 Å². The predicted octanol–water partition coefficient (Wildman–Crippen LogP) is 2.85. The maximum Gasteiger partial charge on any atom is 0.225 e. The second-order valence-electron chi connectivity index (χ2n) is 4.08. The third-order valence-corrected chi connectivity index (χ3v) is 3.22. The normalized spacial score (nSPS) is 10.5. The number of aromatic nitrogens is 2. The Labute approximate surface area is 122 Å². The predicted molar refractivity (Wildman–Crippen MR) is 79.8 cm³/mol. The Morgan fingerprint density at radius 1 is 1.26 bits per heavy atom. The van der Waals surface area contributed by atoms with Gasteiger partial charge >= 0.3 is 0 Å². The van der Waals surface area contributed by atoms with Crippen molar-refractivity contribution >= 4 is 29.2 Å². The fraction of sp³-hybridized carbons (Fsp3) is 0.231. The van der Waals surface area contributed by atoms with Gasteiger partial charge in [-0.25, -0.2) is 9.97 Å². The molecule has 100 valence electrons. The van der Waals surface area contributed by atoms with Crippen molar-refractivity contribution in [2.24, 2.45) is 5.73 Å². The van der Waals surface area contributed by atoms with E-state index in [4.69, 9.17) is 28.9 Å². The van der Waals surface area contributed by atoms with E-state index in [-0.39, 0.29) is 0 Å². The number of rotatable bonds is 4. The number of likely N-dealkylation sites (N-methyl/N-ethyl adjacent to an activating group) is 1. The molecule has 6 heteroatoms. The van der Waals surface area contributed by atoms with E-state index in [0.717, 1.165) is 11.3 Å². The van der Waals surface area contributed by atoms with Gasteiger partial charge in [0.05, 0.1) is 10.7 Å². The first kappa shape index (κ1) is 14.1. The van der Waals surface area contributed by atoms with Crippen LogP contribution in [0.4, 0.5) is 5.95 Å². The molecule has 0 spiro atoms. The summed E-state index contributed by atoms with van der Waals surface area (Å²) in [6, 6.07) is 7.09. The molecule has 1 aromatic carbocycles. The van der Waals surface area contributed by atoms with Crippen LogP contribution in [0.3, 0.4) is 0 Å². The van der Waals surface area contributed by atoms with Crippen LogP contribution in [-0.4, -0.2) is 30.1 Å². The number of benzene rings is 1. The first-order valence-corrected chi connectivity index (χ1v) is 6.57. The Hall–Kier alpha value is -1.36. The Bertz CT molecular complexity index is 574. The molecule has 4 nitrogen and oxygen atoms in total. The first-order valence-electron chi connectivity index (χ1n) is 5.81. The van der Waals surface area contributed by atoms with Crippen LogP contribution in [0.15, 0.2) is 30.5 Å². The molecule has 0 amide bonds. The van der Waals surface area contributed by atoms with Crippen LogP contribution in [0.1, 0.15) is 0 Å². The van der Waals surface area contributed by atoms with Crippen LogP contribution in [0, 0.1) is 0 Å². The Balaban J connectivity index is 2.40. The smallest absolute Gasteiger partial charge is 0.225 e. The second-order valence-corrected chi connectivity index (χ2v) is 4.92. The standard InChI is InChI=1S/C13H14Cl2N4/c1-19(7-5-16)13-17-6-4-12(18-13)10-8-9(14)2-3-11(10)15/h2-4,6,8H,5,7,16H2,1H3. The highest BCUT2D eigenvalue weighted by atomic mass is 35.5. The molecule has 0 saturated carbocycles. The average Bonchev–Trinajstić information content (AvgIpc) is 2.42. The fourth-order valence-electron chi connectivity index (χ4n) is 1.67. The third kappa shape index (κ3) is 3.35. The van der Waals surface area contributed by atoms with Gasteiger partial charge in [-0.1, -0.05) is 23.2 Å². The van der Waals surface area contributed by atoms with Crippen molar-refractivity contribution in [1.82, 2.24) is 9.97 Å². The lowest BCUT2D eigenvalue weighted by Gasteiger charge is -2.16. The van der Waals surface area contributed by atoms with Gasteiger partial charge in [-0.05, 0) is 24.3 Å². The summed E-state index contributed by atoms with van der Waals surface area (Å²) in [6.45, 7) is 1.23. The van der Waals surface area contributed by atoms with Crippen molar-refractivity contribution < 1.29 is 0 Å². The van der Waals surface area contributed by atoms with Crippen molar-refractivity contribution in [2.75, 3.05) is 25.0 Å². The van der Waals surface area contributed by atoms with Crippen molar-refractivity contribution in [3.8, 4) is 11.3 Å². The zero-order valence-electron chi connectivity index (χ0n) is 10.5. The van der Waals surface area contributed by atoms with Gasteiger partial charge in [0.2, 0.25) is 5.95 Å². The van der Waals surface area contributed by atoms with Crippen molar-refractivity contribution in [3.05, 3.63) is 40.5 Å². The SMILES string of the molecule is CN(CCN)c1nccc(-c2cc(Cl)ccc2Cl)n1. The molecule has 0 fully saturated rings. The minimum absolute atomic E-state index is 0.544. The minimum atomic E-state index is 0.544. The van der Waals surface area contributed by atoms with Crippen molar-refractivity contribution in [2.45, 2.75) is 0 Å². The molecule has 0 bridgehead atoms. The van der Waals surface area contributed by atoms with Crippen molar-refractivity contribution in [1.29, 1.82) is 0 Å². The molecule has 1 heterocycles. The second kappa shape index (κ2) is 6.19. The van der Waals surface area contributed by atoms with Gasteiger partial charge in [0.1, 0.15) is 0 Å². The van der Waals surface area contributed by atoms with Gasteiger partial charge in [0.25, 0.3) is 0 Å². The van der Waals surface area contributed by atoms with Crippen LogP contribution < -0.4 is 10.6 Å². The van der Waals surface area contributed by atoms with Gasteiger partial charge in [0.15, 0.2) is 0 Å². The molecule has 0 aliphatic heterocycles. The van der Waals surface area contributed by atoms with Gasteiger partial charge in [0, 0.05) is 36.9 Å². The largest absolute Gasteiger partial charge is 0.343 e. The van der Waals surface area contributed by atoms with Crippen LogP contribution in [0.5, 0.6) is 0 Å². The first-order chi connectivity index (χ1) is 9.11. The topological polar surface area (TPSA) is 55.0 Å². The number of nitrogens with two attached hydrogens (primary N) is 1. The molecule has 0 saturated heterocycles. The van der Waals surface area contributed by atoms with E-state index < -0.39 is 0 Å². The molecule has 0 aliphatic carbocycles. The van der Waals surface area contributed by atoms with E-state index in [1.54, 1.807) is 30.5 Å². The van der Waals surface area contributed by atoms with Gasteiger partial charge < -0.3 is 10.6 Å². The van der Waals surface area contributed by atoms with E-state index in [0.29, 0.717) is 29.1 Å². The molecule has 2 aromatic rings. The zero-order valence-corrected chi connectivity index (χ0v) is 12.0. The number of hydrogen-bond donors (Lipinski definition) is 1. The lowest BCUT2D eigenvalue weighted by atomic mass is 10.1. The molecule has 2 N–H and O–H groups in total. The van der Waals surface area contributed by atoms with Crippen LogP contribution in [0.25, 0.3) is 11.3 Å². The summed E-state index contributed by atoms with van der Waals surface area (Å²) in [5.41, 5.74) is 7.05. The zero-order chi connectivity index (χ0) is 13.8. The Morgan fingerprint density at radius 2 is 2.05 bits per heavy atom. The number of nitrogens with zero attached hydrogens (tertiary/aromatic N) is 3. The summed E-state index contributed by atoms with van der Waals surface area (Å²) in [7, 11) is 1.89. The van der Waals surface area contributed by atoms with Crippen molar-refractivity contribution in [3.63, 3.8) is 0 Å². The molecule has 1 aromatic heterocycles. The van der Waals surface area contributed by atoms with Gasteiger partial charge in [-0.3, -0.25) is 0 Å².